The molecule has 1 amide bonds. The third kappa shape index (κ3) is 5.35. The Kier molecular flexibility index (Phi) is 6.72. The van der Waals surface area contributed by atoms with E-state index in [1.807, 2.05) is 29.2 Å². The normalized spacial score (nSPS) is 23.4. The van der Waals surface area contributed by atoms with Gasteiger partial charge in [0, 0.05) is 24.7 Å². The molecule has 2 N–H and O–H groups in total. The zero-order valence-electron chi connectivity index (χ0n) is 13.1. The Hall–Kier alpha value is -0.810. The van der Waals surface area contributed by atoms with E-state index in [0.29, 0.717) is 18.9 Å². The Morgan fingerprint density at radius 1 is 1.30 bits per heavy atom. The molecule has 6 heteroatoms. The number of β-amino-alcohol motifs (C(OH)–C–C–N with tert-alkyl or cyclic N) is 1. The van der Waals surface area contributed by atoms with Crippen LogP contribution in [-0.4, -0.2) is 47.7 Å². The number of rotatable bonds is 6. The van der Waals surface area contributed by atoms with Crippen LogP contribution in [0, 0.1) is 5.92 Å². The van der Waals surface area contributed by atoms with Gasteiger partial charge in [0.2, 0.25) is 5.91 Å². The van der Waals surface area contributed by atoms with Gasteiger partial charge in [0.1, 0.15) is 0 Å². The molecule has 2 fully saturated rings. The van der Waals surface area contributed by atoms with E-state index >= 15 is 0 Å². The maximum Gasteiger partial charge on any atom is 0.239 e. The number of aliphatic hydroxyl groups is 1. The van der Waals surface area contributed by atoms with Gasteiger partial charge in [0.05, 0.1) is 12.1 Å². The molecule has 0 bridgehead atoms. The van der Waals surface area contributed by atoms with Crippen molar-refractivity contribution in [1.29, 1.82) is 0 Å². The molecule has 3 rings (SSSR count). The minimum atomic E-state index is -0.395. The summed E-state index contributed by atoms with van der Waals surface area (Å²) >= 11 is 5.91. The van der Waals surface area contributed by atoms with E-state index in [1.54, 1.807) is 0 Å². The number of halogens is 2. The van der Waals surface area contributed by atoms with Crippen LogP contribution in [0.25, 0.3) is 0 Å². The molecule has 0 spiro atoms. The number of amides is 1. The lowest BCUT2D eigenvalue weighted by atomic mass is 10.1. The Labute approximate surface area is 148 Å². The number of carbonyl (C=O) groups excluding carboxylic acids is 1. The monoisotopic (exact) mass is 358 g/mol. The minimum Gasteiger partial charge on any atom is -0.392 e. The first-order chi connectivity index (χ1) is 10.6. The van der Waals surface area contributed by atoms with Crippen LogP contribution in [0.5, 0.6) is 0 Å². The molecular formula is C17H24Cl2N2O2. The van der Waals surface area contributed by atoms with Gasteiger partial charge in [0.25, 0.3) is 0 Å². The highest BCUT2D eigenvalue weighted by Gasteiger charge is 2.33. The molecule has 2 unspecified atom stereocenters. The average Bonchev–Trinajstić information content (AvgIpc) is 3.23. The second-order valence-corrected chi connectivity index (χ2v) is 6.89. The first kappa shape index (κ1) is 18.5. The largest absolute Gasteiger partial charge is 0.392 e. The molecule has 4 nitrogen and oxygen atoms in total. The van der Waals surface area contributed by atoms with Gasteiger partial charge >= 0.3 is 0 Å². The summed E-state index contributed by atoms with van der Waals surface area (Å²) in [6.45, 7) is 2.09. The van der Waals surface area contributed by atoms with Gasteiger partial charge in [-0.15, -0.1) is 12.4 Å². The topological polar surface area (TPSA) is 52.6 Å². The summed E-state index contributed by atoms with van der Waals surface area (Å²) in [5, 5.41) is 13.5. The summed E-state index contributed by atoms with van der Waals surface area (Å²) in [4.78, 5) is 14.6. The van der Waals surface area contributed by atoms with Crippen LogP contribution in [0.3, 0.4) is 0 Å². The van der Waals surface area contributed by atoms with Crippen molar-refractivity contribution in [2.75, 3.05) is 19.6 Å². The summed E-state index contributed by atoms with van der Waals surface area (Å²) < 4.78 is 0. The summed E-state index contributed by atoms with van der Waals surface area (Å²) in [7, 11) is 0. The third-order valence-corrected chi connectivity index (χ3v) is 4.73. The zero-order chi connectivity index (χ0) is 15.5. The molecule has 1 saturated carbocycles. The number of aliphatic hydroxyl groups excluding tert-OH is 1. The Morgan fingerprint density at radius 2 is 2.00 bits per heavy atom. The van der Waals surface area contributed by atoms with Crippen molar-refractivity contribution in [3.8, 4) is 0 Å². The number of hydrogen-bond donors (Lipinski definition) is 2. The summed E-state index contributed by atoms with van der Waals surface area (Å²) in [5.74, 6) is 0.804. The predicted molar refractivity (Wildman–Crippen MR) is 94.1 cm³/mol. The number of hydrogen-bond acceptors (Lipinski definition) is 3. The lowest BCUT2D eigenvalue weighted by Crippen LogP contribution is -2.45. The van der Waals surface area contributed by atoms with E-state index in [4.69, 9.17) is 11.6 Å². The fourth-order valence-corrected chi connectivity index (χ4v) is 3.07. The summed E-state index contributed by atoms with van der Waals surface area (Å²) in [6.07, 6.45) is 3.43. The molecule has 128 valence electrons. The molecule has 1 aliphatic heterocycles. The molecule has 1 aromatic rings. The van der Waals surface area contributed by atoms with E-state index in [0.717, 1.165) is 24.5 Å². The second-order valence-electron chi connectivity index (χ2n) is 6.45. The molecule has 1 aromatic carbocycles. The van der Waals surface area contributed by atoms with Crippen LogP contribution < -0.4 is 5.32 Å². The SMILES string of the molecule is Cl.O=C(C1CC(O)CN1)N(CCc1ccc(Cl)cc1)CC1CC1. The molecular weight excluding hydrogens is 335 g/mol. The van der Waals surface area contributed by atoms with Gasteiger partial charge in [-0.1, -0.05) is 23.7 Å². The second kappa shape index (κ2) is 8.34. The van der Waals surface area contributed by atoms with Crippen LogP contribution in [0.1, 0.15) is 24.8 Å². The molecule has 0 aromatic heterocycles. The predicted octanol–water partition coefficient (Wildman–Crippen LogP) is 2.27. The van der Waals surface area contributed by atoms with Crippen molar-refractivity contribution in [2.45, 2.75) is 37.8 Å². The van der Waals surface area contributed by atoms with Crippen molar-refractivity contribution < 1.29 is 9.90 Å². The minimum absolute atomic E-state index is 0. The average molecular weight is 359 g/mol. The number of benzene rings is 1. The quantitative estimate of drug-likeness (QED) is 0.819. The highest BCUT2D eigenvalue weighted by Crippen LogP contribution is 2.30. The zero-order valence-corrected chi connectivity index (χ0v) is 14.7. The standard InChI is InChI=1S/C17H23ClN2O2.ClH/c18-14-5-3-12(4-6-14)7-8-20(11-13-1-2-13)17(22)16-9-15(21)10-19-16;/h3-6,13,15-16,19,21H,1-2,7-11H2;1H. The van der Waals surface area contributed by atoms with Crippen LogP contribution in [-0.2, 0) is 11.2 Å². The van der Waals surface area contributed by atoms with Crippen molar-refractivity contribution >= 4 is 29.9 Å². The Morgan fingerprint density at radius 3 is 2.57 bits per heavy atom. The van der Waals surface area contributed by atoms with Gasteiger partial charge in [-0.2, -0.15) is 0 Å². The molecule has 1 saturated heterocycles. The van der Waals surface area contributed by atoms with Gasteiger partial charge in [0.15, 0.2) is 0 Å². The van der Waals surface area contributed by atoms with Gasteiger partial charge in [-0.3, -0.25) is 4.79 Å². The summed E-state index contributed by atoms with van der Waals surface area (Å²) in [6, 6.07) is 7.58. The first-order valence-electron chi connectivity index (χ1n) is 8.06. The lowest BCUT2D eigenvalue weighted by Gasteiger charge is -2.26. The van der Waals surface area contributed by atoms with E-state index in [1.165, 1.54) is 18.4 Å². The first-order valence-corrected chi connectivity index (χ1v) is 8.44. The summed E-state index contributed by atoms with van der Waals surface area (Å²) in [5.41, 5.74) is 1.19. The molecule has 1 heterocycles. The number of nitrogens with zero attached hydrogens (tertiary/aromatic N) is 1. The highest BCUT2D eigenvalue weighted by atomic mass is 35.5. The van der Waals surface area contributed by atoms with Gasteiger partial charge < -0.3 is 15.3 Å². The van der Waals surface area contributed by atoms with Gasteiger partial charge in [-0.25, -0.2) is 0 Å². The molecule has 2 atom stereocenters. The van der Waals surface area contributed by atoms with E-state index in [-0.39, 0.29) is 24.4 Å². The van der Waals surface area contributed by atoms with Crippen molar-refractivity contribution in [3.63, 3.8) is 0 Å². The van der Waals surface area contributed by atoms with Crippen molar-refractivity contribution in [2.24, 2.45) is 5.92 Å². The number of nitrogens with one attached hydrogen (secondary N) is 1. The van der Waals surface area contributed by atoms with Crippen LogP contribution in [0.15, 0.2) is 24.3 Å². The Bertz CT molecular complexity index is 520. The highest BCUT2D eigenvalue weighted by molar-refractivity contribution is 6.30. The van der Waals surface area contributed by atoms with Crippen LogP contribution >= 0.6 is 24.0 Å². The van der Waals surface area contributed by atoms with Gasteiger partial charge in [-0.05, 0) is 49.3 Å². The Balaban J connectivity index is 0.00000192. The maximum atomic E-state index is 12.7. The maximum absolute atomic E-state index is 12.7. The van der Waals surface area contributed by atoms with E-state index in [9.17, 15) is 9.90 Å². The van der Waals surface area contributed by atoms with E-state index < -0.39 is 6.10 Å². The molecule has 0 radical (unpaired) electrons. The molecule has 1 aliphatic carbocycles. The molecule has 2 aliphatic rings. The van der Waals surface area contributed by atoms with Crippen molar-refractivity contribution in [1.82, 2.24) is 10.2 Å². The van der Waals surface area contributed by atoms with E-state index in [2.05, 4.69) is 5.32 Å². The lowest BCUT2D eigenvalue weighted by molar-refractivity contribution is -0.133. The fraction of sp³-hybridized carbons (Fsp3) is 0.588. The van der Waals surface area contributed by atoms with Crippen LogP contribution in [0.4, 0.5) is 0 Å². The smallest absolute Gasteiger partial charge is 0.239 e. The van der Waals surface area contributed by atoms with Crippen LogP contribution in [0.2, 0.25) is 5.02 Å². The molecule has 23 heavy (non-hydrogen) atoms. The third-order valence-electron chi connectivity index (χ3n) is 4.48. The fourth-order valence-electron chi connectivity index (χ4n) is 2.94. The number of carbonyl (C=O) groups is 1. The van der Waals surface area contributed by atoms with Crippen molar-refractivity contribution in [3.05, 3.63) is 34.9 Å².